The summed E-state index contributed by atoms with van der Waals surface area (Å²) < 4.78 is 7.22. The topological polar surface area (TPSA) is 106 Å². The Balaban J connectivity index is 1.74. The van der Waals surface area contributed by atoms with Crippen LogP contribution in [0.2, 0.25) is 0 Å². The Hall–Kier alpha value is -3.36. The summed E-state index contributed by atoms with van der Waals surface area (Å²) in [6.07, 6.45) is 3.96. The lowest BCUT2D eigenvalue weighted by molar-refractivity contribution is -0.132. The lowest BCUT2D eigenvalue weighted by Gasteiger charge is -2.43. The van der Waals surface area contributed by atoms with Gasteiger partial charge >= 0.3 is 0 Å². The third-order valence-electron chi connectivity index (χ3n) is 6.37. The second-order valence-electron chi connectivity index (χ2n) is 9.91. The van der Waals surface area contributed by atoms with Crippen molar-refractivity contribution < 1.29 is 19.1 Å². The molecule has 1 aliphatic heterocycles. The zero-order chi connectivity index (χ0) is 26.3. The van der Waals surface area contributed by atoms with E-state index in [9.17, 15) is 14.4 Å². The van der Waals surface area contributed by atoms with Gasteiger partial charge in [-0.3, -0.25) is 14.4 Å². The van der Waals surface area contributed by atoms with Crippen molar-refractivity contribution in [1.82, 2.24) is 25.1 Å². The Labute approximate surface area is 213 Å². The van der Waals surface area contributed by atoms with Gasteiger partial charge < -0.3 is 24.8 Å². The first-order valence-corrected chi connectivity index (χ1v) is 12.9. The molecule has 9 heteroatoms. The van der Waals surface area contributed by atoms with Crippen molar-refractivity contribution in [1.29, 1.82) is 0 Å². The van der Waals surface area contributed by atoms with Crippen LogP contribution >= 0.6 is 0 Å². The van der Waals surface area contributed by atoms with E-state index >= 15 is 0 Å². The number of aromatic nitrogens is 2. The van der Waals surface area contributed by atoms with Crippen molar-refractivity contribution in [2.24, 2.45) is 5.92 Å². The second kappa shape index (κ2) is 12.1. The van der Waals surface area contributed by atoms with Gasteiger partial charge in [-0.05, 0) is 49.8 Å². The molecule has 0 saturated heterocycles. The molecule has 0 radical (unpaired) electrons. The number of hydrogen-bond donors (Lipinski definition) is 2. The van der Waals surface area contributed by atoms with Crippen molar-refractivity contribution in [3.05, 3.63) is 47.5 Å². The normalized spacial score (nSPS) is 17.2. The third-order valence-corrected chi connectivity index (χ3v) is 6.37. The van der Waals surface area contributed by atoms with Crippen molar-refractivity contribution >= 4 is 17.7 Å². The maximum Gasteiger partial charge on any atom is 0.273 e. The number of nitrogens with one attached hydrogen (secondary N) is 2. The largest absolute Gasteiger partial charge is 0.494 e. The van der Waals surface area contributed by atoms with Gasteiger partial charge in [-0.1, -0.05) is 39.8 Å². The van der Waals surface area contributed by atoms with Crippen LogP contribution in [0.15, 0.2) is 30.6 Å². The van der Waals surface area contributed by atoms with Crippen LogP contribution in [0.25, 0.3) is 0 Å². The molecule has 2 heterocycles. The fourth-order valence-electron chi connectivity index (χ4n) is 4.28. The molecule has 2 aromatic rings. The molecule has 36 heavy (non-hydrogen) atoms. The minimum atomic E-state index is -1.06. The highest BCUT2D eigenvalue weighted by Gasteiger charge is 2.48. The number of imidazole rings is 1. The summed E-state index contributed by atoms with van der Waals surface area (Å²) in [6, 6.07) is 7.53. The number of amides is 3. The molecule has 3 amide bonds. The van der Waals surface area contributed by atoms with E-state index in [0.29, 0.717) is 38.6 Å². The van der Waals surface area contributed by atoms with Crippen LogP contribution in [0.5, 0.6) is 5.75 Å². The molecular formula is C27H39N5O4. The van der Waals surface area contributed by atoms with E-state index in [1.807, 2.05) is 38.1 Å². The minimum absolute atomic E-state index is 0.0752. The SMILES string of the molecule is CCCOc1ccc(CNC(=O)c2ncn3c2C(=O)N(CCC)C(C)(C(=O)NCCC(C)C)C3)cc1. The average Bonchev–Trinajstić information content (AvgIpc) is 3.28. The molecule has 0 aliphatic carbocycles. The first kappa shape index (κ1) is 27.2. The zero-order valence-electron chi connectivity index (χ0n) is 22.1. The van der Waals surface area contributed by atoms with E-state index in [-0.39, 0.29) is 29.7 Å². The smallest absolute Gasteiger partial charge is 0.273 e. The second-order valence-corrected chi connectivity index (χ2v) is 9.91. The molecule has 1 unspecified atom stereocenters. The van der Waals surface area contributed by atoms with Crippen molar-refractivity contribution in [2.75, 3.05) is 19.7 Å². The lowest BCUT2D eigenvalue weighted by atomic mass is 9.93. The quantitative estimate of drug-likeness (QED) is 0.468. The fourth-order valence-corrected chi connectivity index (χ4v) is 4.28. The van der Waals surface area contributed by atoms with Gasteiger partial charge in [-0.15, -0.1) is 0 Å². The van der Waals surface area contributed by atoms with E-state index in [0.717, 1.165) is 24.2 Å². The van der Waals surface area contributed by atoms with E-state index in [1.165, 1.54) is 6.33 Å². The Kier molecular flexibility index (Phi) is 9.12. The summed E-state index contributed by atoms with van der Waals surface area (Å²) in [6.45, 7) is 12.1. The highest BCUT2D eigenvalue weighted by atomic mass is 16.5. The van der Waals surface area contributed by atoms with E-state index in [1.54, 1.807) is 16.4 Å². The predicted octanol–water partition coefficient (Wildman–Crippen LogP) is 3.39. The summed E-state index contributed by atoms with van der Waals surface area (Å²) >= 11 is 0. The Morgan fingerprint density at radius 3 is 2.50 bits per heavy atom. The van der Waals surface area contributed by atoms with Crippen molar-refractivity contribution in [3.8, 4) is 5.75 Å². The molecule has 196 valence electrons. The van der Waals surface area contributed by atoms with Crippen molar-refractivity contribution in [3.63, 3.8) is 0 Å². The molecule has 1 aromatic heterocycles. The highest BCUT2D eigenvalue weighted by molar-refractivity contribution is 6.07. The van der Waals surface area contributed by atoms with Gasteiger partial charge in [0.25, 0.3) is 11.8 Å². The molecule has 1 aliphatic rings. The fraction of sp³-hybridized carbons (Fsp3) is 0.556. The number of carbonyl (C=O) groups excluding carboxylic acids is 3. The van der Waals surface area contributed by atoms with Gasteiger partial charge in [-0.25, -0.2) is 4.98 Å². The number of rotatable bonds is 12. The first-order chi connectivity index (χ1) is 17.2. The average molecular weight is 498 g/mol. The van der Waals surface area contributed by atoms with Crippen LogP contribution < -0.4 is 15.4 Å². The minimum Gasteiger partial charge on any atom is -0.494 e. The number of carbonyl (C=O) groups is 3. The number of benzene rings is 1. The lowest BCUT2D eigenvalue weighted by Crippen LogP contribution is -2.64. The molecule has 1 aromatic carbocycles. The third kappa shape index (κ3) is 6.06. The summed E-state index contributed by atoms with van der Waals surface area (Å²) in [5, 5.41) is 5.85. The predicted molar refractivity (Wildman–Crippen MR) is 138 cm³/mol. The highest BCUT2D eigenvalue weighted by Crippen LogP contribution is 2.29. The monoisotopic (exact) mass is 497 g/mol. The molecule has 3 rings (SSSR count). The zero-order valence-corrected chi connectivity index (χ0v) is 22.1. The molecule has 0 saturated carbocycles. The van der Waals surface area contributed by atoms with Crippen LogP contribution in [0.1, 0.15) is 80.4 Å². The number of ether oxygens (including phenoxy) is 1. The summed E-state index contributed by atoms with van der Waals surface area (Å²) in [4.78, 5) is 45.6. The Morgan fingerprint density at radius 1 is 1.14 bits per heavy atom. The Bertz CT molecular complexity index is 1060. The van der Waals surface area contributed by atoms with E-state index < -0.39 is 11.4 Å². The van der Waals surface area contributed by atoms with Crippen molar-refractivity contribution in [2.45, 2.75) is 72.5 Å². The summed E-state index contributed by atoms with van der Waals surface area (Å²) in [5.41, 5.74) is 0.139. The van der Waals surface area contributed by atoms with Crippen LogP contribution in [0.3, 0.4) is 0 Å². The van der Waals surface area contributed by atoms with Gasteiger partial charge in [0.1, 0.15) is 17.0 Å². The van der Waals surface area contributed by atoms with E-state index in [4.69, 9.17) is 4.74 Å². The van der Waals surface area contributed by atoms with Gasteiger partial charge in [0, 0.05) is 19.6 Å². The van der Waals surface area contributed by atoms with Crippen LogP contribution in [0.4, 0.5) is 0 Å². The van der Waals surface area contributed by atoms with Gasteiger partial charge in [0.15, 0.2) is 5.69 Å². The van der Waals surface area contributed by atoms with Gasteiger partial charge in [0.05, 0.1) is 19.5 Å². The van der Waals surface area contributed by atoms with Crippen LogP contribution in [-0.2, 0) is 17.9 Å². The van der Waals surface area contributed by atoms with Gasteiger partial charge in [0.2, 0.25) is 5.91 Å². The molecule has 1 atom stereocenters. The number of hydrogen-bond acceptors (Lipinski definition) is 5. The summed E-state index contributed by atoms with van der Waals surface area (Å²) in [7, 11) is 0. The molecule has 2 N–H and O–H groups in total. The maximum atomic E-state index is 13.6. The summed E-state index contributed by atoms with van der Waals surface area (Å²) in [5.74, 6) is 0.274. The maximum absolute atomic E-state index is 13.6. The molecule has 0 fully saturated rings. The molecular weight excluding hydrogens is 458 g/mol. The Morgan fingerprint density at radius 2 is 1.86 bits per heavy atom. The van der Waals surface area contributed by atoms with Gasteiger partial charge in [-0.2, -0.15) is 0 Å². The molecule has 9 nitrogen and oxygen atoms in total. The van der Waals surface area contributed by atoms with Crippen LogP contribution in [-0.4, -0.2) is 57.4 Å². The number of nitrogens with zero attached hydrogens (tertiary/aromatic N) is 3. The van der Waals surface area contributed by atoms with Crippen LogP contribution in [0, 0.1) is 5.92 Å². The molecule has 0 bridgehead atoms. The number of fused-ring (bicyclic) bond motifs is 1. The molecule has 0 spiro atoms. The first-order valence-electron chi connectivity index (χ1n) is 12.9. The standard InChI is InChI=1S/C27H39N5O4/c1-6-14-32-25(34)23-22(24(33)29-16-20-8-10-21(11-9-20)36-15-7-2)30-18-31(23)17-27(32,5)26(35)28-13-12-19(3)4/h8-11,18-19H,6-7,12-17H2,1-5H3,(H,28,35)(H,29,33). The van der Waals surface area contributed by atoms with E-state index in [2.05, 4.69) is 29.5 Å².